The molecular weight excluding hydrogens is 390 g/mol. The van der Waals surface area contributed by atoms with Crippen molar-refractivity contribution < 1.29 is 39.6 Å². The Morgan fingerprint density at radius 2 is 1.58 bits per heavy atom. The molecule has 1 aliphatic heterocycles. The molecule has 5 nitrogen and oxygen atoms in total. The minimum atomic E-state index is -4.99. The first-order valence-corrected chi connectivity index (χ1v) is 9.11. The quantitative estimate of drug-likeness (QED) is 0.756. The van der Waals surface area contributed by atoms with Crippen LogP contribution in [0.2, 0.25) is 0 Å². The second-order valence-corrected chi connectivity index (χ2v) is 8.04. The van der Waals surface area contributed by atoms with Crippen LogP contribution in [0.15, 0.2) is 18.2 Å². The number of anilines is 1. The minimum absolute atomic E-state index is 0.0192. The summed E-state index contributed by atoms with van der Waals surface area (Å²) < 4.78 is 99.1. The molecule has 0 aromatic heterocycles. The number of hydrogen-bond acceptors (Lipinski definition) is 4. The van der Waals surface area contributed by atoms with E-state index >= 15 is 0 Å². The Morgan fingerprint density at radius 1 is 1.04 bits per heavy atom. The van der Waals surface area contributed by atoms with Gasteiger partial charge in [-0.05, 0) is 24.6 Å². The van der Waals surface area contributed by atoms with Crippen LogP contribution in [0.3, 0.4) is 0 Å². The molecule has 0 unspecified atom stereocenters. The van der Waals surface area contributed by atoms with Gasteiger partial charge in [0.1, 0.15) is 0 Å². The van der Waals surface area contributed by atoms with Gasteiger partial charge in [0.25, 0.3) is 0 Å². The molecule has 1 aromatic rings. The highest BCUT2D eigenvalue weighted by atomic mass is 32.2. The number of benzene rings is 1. The van der Waals surface area contributed by atoms with Gasteiger partial charge in [0, 0.05) is 11.7 Å². The van der Waals surface area contributed by atoms with Crippen molar-refractivity contribution in [1.82, 2.24) is 5.32 Å². The summed E-state index contributed by atoms with van der Waals surface area (Å²) in [4.78, 5) is 11.7. The van der Waals surface area contributed by atoms with Crippen LogP contribution in [-0.4, -0.2) is 38.4 Å². The fourth-order valence-corrected chi connectivity index (χ4v) is 4.10. The number of amides is 1. The van der Waals surface area contributed by atoms with Gasteiger partial charge in [-0.3, -0.25) is 4.79 Å². The lowest BCUT2D eigenvalue weighted by Gasteiger charge is -2.16. The average Bonchev–Trinajstić information content (AvgIpc) is 2.82. The summed E-state index contributed by atoms with van der Waals surface area (Å²) in [6.45, 7) is -0.602. The molecule has 146 valence electrons. The molecule has 1 fully saturated rings. The monoisotopic (exact) mass is 404 g/mol. The molecule has 1 heterocycles. The second kappa shape index (κ2) is 6.97. The number of alkyl halides is 6. The van der Waals surface area contributed by atoms with E-state index in [-0.39, 0.29) is 24.0 Å². The highest BCUT2D eigenvalue weighted by Gasteiger charge is 2.37. The van der Waals surface area contributed by atoms with Crippen molar-refractivity contribution in [2.24, 2.45) is 0 Å². The lowest BCUT2D eigenvalue weighted by Crippen LogP contribution is -2.39. The number of carbonyl (C=O) groups excluding carboxylic acids is 1. The molecule has 0 radical (unpaired) electrons. The van der Waals surface area contributed by atoms with E-state index in [0.29, 0.717) is 12.1 Å². The van der Waals surface area contributed by atoms with Crippen LogP contribution in [0.1, 0.15) is 17.5 Å². The maximum Gasteiger partial charge on any atom is 0.416 e. The number of halogens is 6. The topological polar surface area (TPSA) is 75.3 Å². The summed E-state index contributed by atoms with van der Waals surface area (Å²) in [5.41, 5.74) is -3.53. The zero-order valence-electron chi connectivity index (χ0n) is 13.0. The third-order valence-corrected chi connectivity index (χ3v) is 5.41. The molecule has 1 saturated heterocycles. The first-order valence-electron chi connectivity index (χ1n) is 7.29. The van der Waals surface area contributed by atoms with Crippen LogP contribution in [0.4, 0.5) is 32.0 Å². The van der Waals surface area contributed by atoms with E-state index in [2.05, 4.69) is 10.6 Å². The summed E-state index contributed by atoms with van der Waals surface area (Å²) in [5, 5.41) is 4.57. The predicted octanol–water partition coefficient (Wildman–Crippen LogP) is 2.44. The fourth-order valence-electron chi connectivity index (χ4n) is 2.43. The second-order valence-electron chi connectivity index (χ2n) is 5.82. The van der Waals surface area contributed by atoms with E-state index in [4.69, 9.17) is 0 Å². The summed E-state index contributed by atoms with van der Waals surface area (Å²) in [6, 6.07) is 0.279. The van der Waals surface area contributed by atoms with Crippen LogP contribution >= 0.6 is 0 Å². The summed E-state index contributed by atoms with van der Waals surface area (Å²) >= 11 is 0. The largest absolute Gasteiger partial charge is 0.416 e. The Labute approximate surface area is 144 Å². The first kappa shape index (κ1) is 20.3. The zero-order chi connectivity index (χ0) is 19.8. The molecule has 12 heteroatoms. The first-order chi connectivity index (χ1) is 11.8. The fraction of sp³-hybridized carbons (Fsp3) is 0.500. The SMILES string of the molecule is O=C(CNc1cc(C(F)(F)F)cc(C(F)(F)F)c1)N[C@@H]1CCS(=O)(=O)C1. The normalized spacial score (nSPS) is 20.0. The number of sulfone groups is 1. The Hall–Kier alpha value is -1.98. The number of nitrogens with one attached hydrogen (secondary N) is 2. The number of carbonyl (C=O) groups is 1. The molecule has 0 bridgehead atoms. The summed E-state index contributed by atoms with van der Waals surface area (Å²) in [5.74, 6) is -1.08. The smallest absolute Gasteiger partial charge is 0.376 e. The van der Waals surface area contributed by atoms with Crippen molar-refractivity contribution in [3.8, 4) is 0 Å². The van der Waals surface area contributed by atoms with Crippen LogP contribution in [0, 0.1) is 0 Å². The van der Waals surface area contributed by atoms with Crippen molar-refractivity contribution in [2.75, 3.05) is 23.4 Å². The van der Waals surface area contributed by atoms with E-state index in [9.17, 15) is 39.6 Å². The Morgan fingerprint density at radius 3 is 2.00 bits per heavy atom. The lowest BCUT2D eigenvalue weighted by molar-refractivity contribution is -0.143. The number of hydrogen-bond donors (Lipinski definition) is 2. The van der Waals surface area contributed by atoms with Gasteiger partial charge in [-0.1, -0.05) is 0 Å². The van der Waals surface area contributed by atoms with E-state index < -0.39 is 57.5 Å². The van der Waals surface area contributed by atoms with Crippen molar-refractivity contribution in [3.63, 3.8) is 0 Å². The molecule has 1 aromatic carbocycles. The van der Waals surface area contributed by atoms with Gasteiger partial charge < -0.3 is 10.6 Å². The van der Waals surface area contributed by atoms with Gasteiger partial charge in [-0.2, -0.15) is 26.3 Å². The highest BCUT2D eigenvalue weighted by molar-refractivity contribution is 7.91. The molecule has 2 N–H and O–H groups in total. The van der Waals surface area contributed by atoms with Gasteiger partial charge in [-0.25, -0.2) is 8.42 Å². The molecule has 0 saturated carbocycles. The van der Waals surface area contributed by atoms with Gasteiger partial charge in [0.2, 0.25) is 5.91 Å². The molecule has 0 spiro atoms. The Balaban J connectivity index is 2.07. The highest BCUT2D eigenvalue weighted by Crippen LogP contribution is 2.37. The minimum Gasteiger partial charge on any atom is -0.376 e. The summed E-state index contributed by atoms with van der Waals surface area (Å²) in [7, 11) is -3.24. The van der Waals surface area contributed by atoms with E-state index in [1.807, 2.05) is 0 Å². The standard InChI is InChI=1S/C14H14F6N2O3S/c15-13(16,17)8-3-9(14(18,19)20)5-11(4-8)21-6-12(23)22-10-1-2-26(24,25)7-10/h3-5,10,21H,1-2,6-7H2,(H,22,23)/t10-/m1/s1. The number of rotatable bonds is 4. The van der Waals surface area contributed by atoms with Gasteiger partial charge in [-0.15, -0.1) is 0 Å². The van der Waals surface area contributed by atoms with Crippen LogP contribution in [-0.2, 0) is 27.0 Å². The maximum absolute atomic E-state index is 12.7. The molecule has 2 rings (SSSR count). The molecule has 0 aliphatic carbocycles. The van der Waals surface area contributed by atoms with Crippen LogP contribution in [0.25, 0.3) is 0 Å². The van der Waals surface area contributed by atoms with Crippen molar-refractivity contribution in [3.05, 3.63) is 29.3 Å². The molecule has 1 amide bonds. The molecule has 26 heavy (non-hydrogen) atoms. The van der Waals surface area contributed by atoms with Crippen molar-refractivity contribution >= 4 is 21.4 Å². The molecular formula is C14H14F6N2O3S. The summed E-state index contributed by atoms with van der Waals surface area (Å²) in [6.07, 6.45) is -9.77. The van der Waals surface area contributed by atoms with E-state index in [1.165, 1.54) is 0 Å². The van der Waals surface area contributed by atoms with Crippen molar-refractivity contribution in [2.45, 2.75) is 24.8 Å². The maximum atomic E-state index is 12.7. The van der Waals surface area contributed by atoms with Crippen molar-refractivity contribution in [1.29, 1.82) is 0 Å². The Bertz CT molecular complexity index is 757. The van der Waals surface area contributed by atoms with Gasteiger partial charge in [0.05, 0.1) is 29.2 Å². The van der Waals surface area contributed by atoms with Crippen LogP contribution < -0.4 is 10.6 Å². The third kappa shape index (κ3) is 5.51. The molecule has 1 aliphatic rings. The van der Waals surface area contributed by atoms with Crippen LogP contribution in [0.5, 0.6) is 0 Å². The predicted molar refractivity (Wildman–Crippen MR) is 80.1 cm³/mol. The van der Waals surface area contributed by atoms with Gasteiger partial charge >= 0.3 is 12.4 Å². The van der Waals surface area contributed by atoms with E-state index in [1.54, 1.807) is 0 Å². The lowest BCUT2D eigenvalue weighted by atomic mass is 10.1. The van der Waals surface area contributed by atoms with Gasteiger partial charge in [0.15, 0.2) is 9.84 Å². The van der Waals surface area contributed by atoms with E-state index in [0.717, 1.165) is 0 Å². The average molecular weight is 404 g/mol. The molecule has 1 atom stereocenters. The Kier molecular flexibility index (Phi) is 5.45. The zero-order valence-corrected chi connectivity index (χ0v) is 13.9. The third-order valence-electron chi connectivity index (χ3n) is 3.64.